The maximum Gasteiger partial charge on any atom is 0.123 e. The van der Waals surface area contributed by atoms with Crippen LogP contribution < -0.4 is 0 Å². The molecule has 1 aromatic carbocycles. The number of hydrogen-bond donors (Lipinski definition) is 0. The molecule has 0 saturated carbocycles. The Morgan fingerprint density at radius 3 is 2.91 bits per heavy atom. The third-order valence-electron chi connectivity index (χ3n) is 4.28. The molecule has 2 heterocycles. The van der Waals surface area contributed by atoms with Gasteiger partial charge in [-0.25, -0.2) is 9.07 Å². The zero-order valence-corrected chi connectivity index (χ0v) is 13.7. The summed E-state index contributed by atoms with van der Waals surface area (Å²) in [5, 5.41) is 10.6. The Morgan fingerprint density at radius 2 is 2.17 bits per heavy atom. The summed E-state index contributed by atoms with van der Waals surface area (Å²) in [5.41, 5.74) is 4.41. The minimum Gasteiger partial charge on any atom is -0.299 e. The maximum absolute atomic E-state index is 13.3. The van der Waals surface area contributed by atoms with Crippen LogP contribution in [0.2, 0.25) is 0 Å². The minimum atomic E-state index is -0.193. The highest BCUT2D eigenvalue weighted by Gasteiger charge is 2.20. The average molecular weight is 312 g/mol. The lowest BCUT2D eigenvalue weighted by molar-refractivity contribution is 0.381. The monoisotopic (exact) mass is 312 g/mol. The van der Waals surface area contributed by atoms with Crippen LogP contribution in [-0.2, 0) is 6.42 Å². The molecule has 0 radical (unpaired) electrons. The summed E-state index contributed by atoms with van der Waals surface area (Å²) in [6.07, 6.45) is 8.52. The normalized spacial score (nSPS) is 17.6. The van der Waals surface area contributed by atoms with E-state index in [-0.39, 0.29) is 5.82 Å². The molecule has 0 aliphatic carbocycles. The Bertz CT molecular complexity index is 760. The van der Waals surface area contributed by atoms with Crippen molar-refractivity contribution in [2.75, 3.05) is 13.6 Å². The van der Waals surface area contributed by atoms with Crippen molar-refractivity contribution >= 4 is 12.4 Å². The Hall–Kier alpha value is -2.43. The molecule has 1 aromatic heterocycles. The summed E-state index contributed by atoms with van der Waals surface area (Å²) in [5.74, 6) is 0.105. The number of halogens is 1. The summed E-state index contributed by atoms with van der Waals surface area (Å²) in [6.45, 7) is 4.95. The molecule has 1 atom stereocenters. The van der Waals surface area contributed by atoms with Gasteiger partial charge in [0, 0.05) is 43.2 Å². The molecule has 120 valence electrons. The molecule has 0 bridgehead atoms. The molecule has 0 N–H and O–H groups in total. The van der Waals surface area contributed by atoms with Crippen LogP contribution in [0.4, 0.5) is 4.39 Å². The van der Waals surface area contributed by atoms with E-state index in [1.165, 1.54) is 11.6 Å². The fourth-order valence-electron chi connectivity index (χ4n) is 2.84. The van der Waals surface area contributed by atoms with Crippen LogP contribution in [0.1, 0.15) is 28.3 Å². The summed E-state index contributed by atoms with van der Waals surface area (Å²) in [7, 11) is 1.97. The van der Waals surface area contributed by atoms with Gasteiger partial charge >= 0.3 is 0 Å². The lowest BCUT2D eigenvalue weighted by Crippen LogP contribution is -2.12. The van der Waals surface area contributed by atoms with Gasteiger partial charge in [-0.1, -0.05) is 12.1 Å². The number of aryl methyl sites for hydroxylation is 1. The van der Waals surface area contributed by atoms with Gasteiger partial charge in [-0.2, -0.15) is 10.2 Å². The molecule has 23 heavy (non-hydrogen) atoms. The van der Waals surface area contributed by atoms with Crippen LogP contribution in [0.5, 0.6) is 0 Å². The first-order valence-electron chi connectivity index (χ1n) is 7.75. The van der Waals surface area contributed by atoms with E-state index in [9.17, 15) is 4.39 Å². The van der Waals surface area contributed by atoms with Crippen LogP contribution in [0.25, 0.3) is 6.20 Å². The van der Waals surface area contributed by atoms with E-state index in [1.807, 2.05) is 54.4 Å². The Morgan fingerprint density at radius 1 is 1.35 bits per heavy atom. The van der Waals surface area contributed by atoms with Crippen molar-refractivity contribution < 1.29 is 4.39 Å². The van der Waals surface area contributed by atoms with Gasteiger partial charge in [0.25, 0.3) is 0 Å². The highest BCUT2D eigenvalue weighted by Crippen LogP contribution is 2.22. The third kappa shape index (κ3) is 3.33. The highest BCUT2D eigenvalue weighted by molar-refractivity contribution is 5.70. The lowest BCUT2D eigenvalue weighted by atomic mass is 10.0. The fraction of sp³-hybridized carbons (Fsp3) is 0.333. The van der Waals surface area contributed by atoms with Crippen molar-refractivity contribution in [1.29, 1.82) is 0 Å². The molecule has 2 aromatic rings. The number of hydrazone groups is 1. The standard InChI is InChI=1S/C18H21FN4/c1-13-6-7-17(19)9-15(13)5-4-8-23-14(2)18(11-21-23)16-10-20-22(3)12-16/h4,6-11,16H,5,12H2,1-3H3/b8-4-. The molecule has 4 nitrogen and oxygen atoms in total. The van der Waals surface area contributed by atoms with Crippen LogP contribution in [0, 0.1) is 19.7 Å². The average Bonchev–Trinajstić information content (AvgIpc) is 3.09. The fourth-order valence-corrected chi connectivity index (χ4v) is 2.84. The second kappa shape index (κ2) is 6.36. The smallest absolute Gasteiger partial charge is 0.123 e. The topological polar surface area (TPSA) is 33.4 Å². The van der Waals surface area contributed by atoms with E-state index in [0.29, 0.717) is 12.3 Å². The molecule has 0 saturated heterocycles. The number of benzene rings is 1. The molecule has 0 spiro atoms. The minimum absolute atomic E-state index is 0.193. The van der Waals surface area contributed by atoms with Gasteiger partial charge in [-0.3, -0.25) is 5.01 Å². The van der Waals surface area contributed by atoms with E-state index in [2.05, 4.69) is 17.1 Å². The number of rotatable bonds is 4. The quantitative estimate of drug-likeness (QED) is 0.867. The highest BCUT2D eigenvalue weighted by atomic mass is 19.1. The van der Waals surface area contributed by atoms with Crippen molar-refractivity contribution in [2.45, 2.75) is 26.2 Å². The van der Waals surface area contributed by atoms with Crippen molar-refractivity contribution in [1.82, 2.24) is 14.8 Å². The molecule has 5 heteroatoms. The predicted octanol–water partition coefficient (Wildman–Crippen LogP) is 3.37. The molecule has 0 amide bonds. The second-order valence-corrected chi connectivity index (χ2v) is 6.00. The second-order valence-electron chi connectivity index (χ2n) is 6.00. The molecule has 3 rings (SSSR count). The number of hydrogen-bond acceptors (Lipinski definition) is 3. The van der Waals surface area contributed by atoms with Crippen LogP contribution in [0.15, 0.2) is 35.6 Å². The van der Waals surface area contributed by atoms with Gasteiger partial charge in [0.15, 0.2) is 0 Å². The SMILES string of the molecule is Cc1ccc(F)cc1C/C=C\n1ncc(C2C=NN(C)C2)c1C. The first kappa shape index (κ1) is 15.5. The first-order valence-corrected chi connectivity index (χ1v) is 7.75. The Balaban J connectivity index is 1.72. The lowest BCUT2D eigenvalue weighted by Gasteiger charge is -2.09. The van der Waals surface area contributed by atoms with Gasteiger partial charge in [0.1, 0.15) is 5.82 Å². The van der Waals surface area contributed by atoms with Crippen LogP contribution in [0.3, 0.4) is 0 Å². The van der Waals surface area contributed by atoms with Gasteiger partial charge in [-0.05, 0) is 43.5 Å². The molecular weight excluding hydrogens is 291 g/mol. The maximum atomic E-state index is 13.3. The van der Waals surface area contributed by atoms with Gasteiger partial charge in [0.2, 0.25) is 0 Å². The summed E-state index contributed by atoms with van der Waals surface area (Å²) in [4.78, 5) is 0. The van der Waals surface area contributed by atoms with E-state index >= 15 is 0 Å². The van der Waals surface area contributed by atoms with Crippen molar-refractivity contribution in [2.24, 2.45) is 5.10 Å². The zero-order valence-electron chi connectivity index (χ0n) is 13.7. The van der Waals surface area contributed by atoms with E-state index in [4.69, 9.17) is 0 Å². The van der Waals surface area contributed by atoms with Crippen LogP contribution in [-0.4, -0.2) is 34.6 Å². The van der Waals surface area contributed by atoms with Crippen LogP contribution >= 0.6 is 0 Å². The molecule has 1 aliphatic heterocycles. The molecular formula is C18H21FN4. The number of nitrogens with zero attached hydrogens (tertiary/aromatic N) is 4. The van der Waals surface area contributed by atoms with Crippen molar-refractivity contribution in [3.05, 3.63) is 58.7 Å². The van der Waals surface area contributed by atoms with E-state index < -0.39 is 0 Å². The summed E-state index contributed by atoms with van der Waals surface area (Å²) >= 11 is 0. The molecule has 1 unspecified atom stereocenters. The van der Waals surface area contributed by atoms with Gasteiger partial charge in [0.05, 0.1) is 6.20 Å². The first-order chi connectivity index (χ1) is 11.0. The van der Waals surface area contributed by atoms with Gasteiger partial charge in [-0.15, -0.1) is 0 Å². The summed E-state index contributed by atoms with van der Waals surface area (Å²) < 4.78 is 15.2. The number of aromatic nitrogens is 2. The van der Waals surface area contributed by atoms with E-state index in [0.717, 1.165) is 23.4 Å². The van der Waals surface area contributed by atoms with Crippen molar-refractivity contribution in [3.63, 3.8) is 0 Å². The number of likely N-dealkylation sites (N-methyl/N-ethyl adjacent to an activating group) is 1. The van der Waals surface area contributed by atoms with Gasteiger partial charge < -0.3 is 0 Å². The summed E-state index contributed by atoms with van der Waals surface area (Å²) in [6, 6.07) is 4.89. The molecule has 0 fully saturated rings. The Labute approximate surface area is 135 Å². The predicted molar refractivity (Wildman–Crippen MR) is 91.0 cm³/mol. The third-order valence-corrected chi connectivity index (χ3v) is 4.28. The van der Waals surface area contributed by atoms with Crippen molar-refractivity contribution in [3.8, 4) is 0 Å². The number of allylic oxidation sites excluding steroid dienone is 1. The zero-order chi connectivity index (χ0) is 16.4. The van der Waals surface area contributed by atoms with E-state index in [1.54, 1.807) is 6.07 Å². The molecule has 1 aliphatic rings. The largest absolute Gasteiger partial charge is 0.299 e. The Kier molecular flexibility index (Phi) is 4.28.